The van der Waals surface area contributed by atoms with Gasteiger partial charge in [-0.2, -0.15) is 0 Å². The van der Waals surface area contributed by atoms with Crippen molar-refractivity contribution in [1.29, 1.82) is 0 Å². The molecule has 0 radical (unpaired) electrons. The molecule has 0 aromatic heterocycles. The summed E-state index contributed by atoms with van der Waals surface area (Å²) in [7, 11) is 1.52. The normalized spacial score (nSPS) is 17.3. The molecule has 1 N–H and O–H groups in total. The number of nitrogens with one attached hydrogen (secondary N) is 1. The predicted molar refractivity (Wildman–Crippen MR) is 99.4 cm³/mol. The summed E-state index contributed by atoms with van der Waals surface area (Å²) in [5.74, 6) is -0.490. The number of carbonyl (C=O) groups is 2. The fourth-order valence-electron chi connectivity index (χ4n) is 2.90. The molecule has 27 heavy (non-hydrogen) atoms. The highest BCUT2D eigenvalue weighted by molar-refractivity contribution is 5.95. The molecule has 1 aliphatic heterocycles. The second-order valence-electron chi connectivity index (χ2n) is 6.90. The number of carbonyl (C=O) groups excluding carboxylic acids is 2. The Morgan fingerprint density at radius 1 is 1.26 bits per heavy atom. The van der Waals surface area contributed by atoms with Crippen LogP contribution in [0.4, 0.5) is 9.18 Å². The summed E-state index contributed by atoms with van der Waals surface area (Å²) >= 11 is 0. The number of nitrogens with zero attached hydrogens (tertiary/aromatic N) is 1. The molecule has 0 saturated carbocycles. The molecular weight excluding hydrogens is 351 g/mol. The molecule has 0 spiro atoms. The van der Waals surface area contributed by atoms with Crippen molar-refractivity contribution in [2.24, 2.45) is 5.92 Å². The minimum absolute atomic E-state index is 0.113. The molecule has 0 saturated heterocycles. The highest BCUT2D eigenvalue weighted by Crippen LogP contribution is 2.31. The Morgan fingerprint density at radius 3 is 2.52 bits per heavy atom. The lowest BCUT2D eigenvalue weighted by Crippen LogP contribution is -2.48. The number of rotatable bonds is 8. The monoisotopic (exact) mass is 378 g/mol. The van der Waals surface area contributed by atoms with Gasteiger partial charge in [0, 0.05) is 19.4 Å². The fraction of sp³-hybridized carbons (Fsp3) is 0.500. The van der Waals surface area contributed by atoms with E-state index in [0.717, 1.165) is 6.42 Å². The van der Waals surface area contributed by atoms with Gasteiger partial charge < -0.3 is 14.8 Å². The van der Waals surface area contributed by atoms with Crippen molar-refractivity contribution in [1.82, 2.24) is 10.2 Å². The number of hydrogen-bond donors (Lipinski definition) is 1. The molecule has 7 heteroatoms. The largest absolute Gasteiger partial charge is 0.460 e. The van der Waals surface area contributed by atoms with Gasteiger partial charge in [0.15, 0.2) is 0 Å². The van der Waals surface area contributed by atoms with Gasteiger partial charge in [-0.25, -0.2) is 14.0 Å². The van der Waals surface area contributed by atoms with E-state index < -0.39 is 12.0 Å². The number of benzene rings is 1. The highest BCUT2D eigenvalue weighted by atomic mass is 19.1. The van der Waals surface area contributed by atoms with Crippen LogP contribution in [0.15, 0.2) is 35.5 Å². The number of ether oxygens (including phenoxy) is 2. The molecule has 0 aliphatic carbocycles. The minimum Gasteiger partial charge on any atom is -0.460 e. The van der Waals surface area contributed by atoms with E-state index in [1.54, 1.807) is 24.0 Å². The molecule has 1 heterocycles. The Labute approximate surface area is 159 Å². The first-order valence-corrected chi connectivity index (χ1v) is 9.05. The Morgan fingerprint density at radius 2 is 1.93 bits per heavy atom. The van der Waals surface area contributed by atoms with Gasteiger partial charge in [0.2, 0.25) is 0 Å². The molecule has 2 amide bonds. The van der Waals surface area contributed by atoms with E-state index in [1.807, 2.05) is 0 Å². The van der Waals surface area contributed by atoms with E-state index in [1.165, 1.54) is 19.2 Å². The summed E-state index contributed by atoms with van der Waals surface area (Å²) < 4.78 is 23.5. The molecule has 2 rings (SSSR count). The first-order chi connectivity index (χ1) is 12.8. The smallest absolute Gasteiger partial charge is 0.338 e. The van der Waals surface area contributed by atoms with Crippen LogP contribution in [0, 0.1) is 11.7 Å². The molecule has 6 nitrogen and oxygen atoms in total. The lowest BCUT2D eigenvalue weighted by molar-refractivity contribution is -0.140. The molecule has 0 unspecified atom stereocenters. The van der Waals surface area contributed by atoms with E-state index in [0.29, 0.717) is 29.3 Å². The molecule has 0 bridgehead atoms. The molecular formula is C20H27FN2O4. The summed E-state index contributed by atoms with van der Waals surface area (Å²) in [4.78, 5) is 26.9. The summed E-state index contributed by atoms with van der Waals surface area (Å²) in [6.45, 7) is 6.78. The lowest BCUT2D eigenvalue weighted by Gasteiger charge is -2.35. The van der Waals surface area contributed by atoms with E-state index in [9.17, 15) is 14.0 Å². The molecule has 148 valence electrons. The van der Waals surface area contributed by atoms with Crippen molar-refractivity contribution in [3.63, 3.8) is 0 Å². The van der Waals surface area contributed by atoms with Crippen LogP contribution in [-0.2, 0) is 14.3 Å². The van der Waals surface area contributed by atoms with Crippen molar-refractivity contribution >= 4 is 12.0 Å². The summed E-state index contributed by atoms with van der Waals surface area (Å²) in [5, 5.41) is 2.85. The van der Waals surface area contributed by atoms with Crippen molar-refractivity contribution in [3.05, 3.63) is 46.9 Å². The Balaban J connectivity index is 2.37. The number of allylic oxidation sites excluding steroid dienone is 1. The van der Waals surface area contributed by atoms with E-state index in [-0.39, 0.29) is 25.1 Å². The van der Waals surface area contributed by atoms with Gasteiger partial charge in [0.1, 0.15) is 12.4 Å². The maximum Gasteiger partial charge on any atom is 0.338 e. The minimum atomic E-state index is -0.691. The zero-order chi connectivity index (χ0) is 20.0. The topological polar surface area (TPSA) is 67.9 Å². The first kappa shape index (κ1) is 20.9. The molecule has 1 aromatic carbocycles. The van der Waals surface area contributed by atoms with E-state index >= 15 is 0 Å². The fourth-order valence-corrected chi connectivity index (χ4v) is 2.90. The van der Waals surface area contributed by atoms with Gasteiger partial charge in [-0.1, -0.05) is 26.0 Å². The van der Waals surface area contributed by atoms with Crippen LogP contribution in [-0.4, -0.2) is 43.8 Å². The maximum atomic E-state index is 13.3. The Bertz CT molecular complexity index is 700. The van der Waals surface area contributed by atoms with Gasteiger partial charge >= 0.3 is 12.0 Å². The predicted octanol–water partition coefficient (Wildman–Crippen LogP) is 3.40. The third-order valence-corrected chi connectivity index (χ3v) is 4.47. The SMILES string of the molecule is COCCOC(=O)C1=C(C)N(CCC(C)C)C(=O)N[C@@H]1c1ccc(F)cc1. The average Bonchev–Trinajstić information content (AvgIpc) is 2.61. The summed E-state index contributed by atoms with van der Waals surface area (Å²) in [6.07, 6.45) is 0.804. The highest BCUT2D eigenvalue weighted by Gasteiger charge is 2.36. The van der Waals surface area contributed by atoms with Crippen LogP contribution in [0.3, 0.4) is 0 Å². The standard InChI is InChI=1S/C20H27FN2O4/c1-13(2)9-10-23-14(3)17(19(24)27-12-11-26-4)18(22-20(23)25)15-5-7-16(21)8-6-15/h5-8,13,18H,9-12H2,1-4H3,(H,22,25)/t18-/m1/s1. The number of methoxy groups -OCH3 is 1. The number of amides is 2. The average molecular weight is 378 g/mol. The van der Waals surface area contributed by atoms with Crippen LogP contribution >= 0.6 is 0 Å². The zero-order valence-electron chi connectivity index (χ0n) is 16.3. The van der Waals surface area contributed by atoms with Gasteiger partial charge in [-0.15, -0.1) is 0 Å². The van der Waals surface area contributed by atoms with Crippen LogP contribution in [0.1, 0.15) is 38.8 Å². The lowest BCUT2D eigenvalue weighted by atomic mass is 9.94. The van der Waals surface area contributed by atoms with Gasteiger partial charge in [0.05, 0.1) is 18.2 Å². The van der Waals surface area contributed by atoms with Crippen molar-refractivity contribution in [2.45, 2.75) is 33.2 Å². The molecule has 1 atom stereocenters. The Kier molecular flexibility index (Phi) is 7.36. The van der Waals surface area contributed by atoms with E-state index in [2.05, 4.69) is 19.2 Å². The number of hydrogen-bond acceptors (Lipinski definition) is 4. The van der Waals surface area contributed by atoms with Crippen LogP contribution in [0.25, 0.3) is 0 Å². The second-order valence-corrected chi connectivity index (χ2v) is 6.90. The number of esters is 1. The summed E-state index contributed by atoms with van der Waals surface area (Å²) in [6, 6.07) is 4.74. The quantitative estimate of drug-likeness (QED) is 0.556. The van der Waals surface area contributed by atoms with Crippen molar-refractivity contribution in [3.8, 4) is 0 Å². The second kappa shape index (κ2) is 9.50. The van der Waals surface area contributed by atoms with Crippen LogP contribution in [0.5, 0.6) is 0 Å². The zero-order valence-corrected chi connectivity index (χ0v) is 16.3. The summed E-state index contributed by atoms with van der Waals surface area (Å²) in [5.41, 5.74) is 1.52. The molecule has 0 fully saturated rings. The van der Waals surface area contributed by atoms with Gasteiger partial charge in [0.25, 0.3) is 0 Å². The van der Waals surface area contributed by atoms with Gasteiger partial charge in [-0.05, 0) is 37.0 Å². The van der Waals surface area contributed by atoms with Crippen LogP contribution < -0.4 is 5.32 Å². The van der Waals surface area contributed by atoms with E-state index in [4.69, 9.17) is 9.47 Å². The molecule has 1 aliphatic rings. The van der Waals surface area contributed by atoms with Gasteiger partial charge in [-0.3, -0.25) is 4.90 Å². The van der Waals surface area contributed by atoms with Crippen molar-refractivity contribution in [2.75, 3.05) is 26.9 Å². The number of urea groups is 1. The Hall–Kier alpha value is -2.41. The number of halogens is 1. The third kappa shape index (κ3) is 5.29. The third-order valence-electron chi connectivity index (χ3n) is 4.47. The maximum absolute atomic E-state index is 13.3. The molecule has 1 aromatic rings. The van der Waals surface area contributed by atoms with Crippen molar-refractivity contribution < 1.29 is 23.5 Å². The first-order valence-electron chi connectivity index (χ1n) is 9.05. The van der Waals surface area contributed by atoms with Crippen LogP contribution in [0.2, 0.25) is 0 Å².